The zero-order valence-corrected chi connectivity index (χ0v) is 12.8. The number of piperidine rings is 1. The number of benzene rings is 1. The van der Waals surface area contributed by atoms with Crippen molar-refractivity contribution in [1.82, 2.24) is 5.32 Å². The predicted molar refractivity (Wildman–Crippen MR) is 88.7 cm³/mol. The van der Waals surface area contributed by atoms with Crippen LogP contribution in [0.4, 0.5) is 11.4 Å². The van der Waals surface area contributed by atoms with Crippen molar-refractivity contribution in [2.24, 2.45) is 5.92 Å². The van der Waals surface area contributed by atoms with Gasteiger partial charge in [-0.1, -0.05) is 13.0 Å². The Kier molecular flexibility index (Phi) is 5.67. The third-order valence-corrected chi connectivity index (χ3v) is 3.91. The van der Waals surface area contributed by atoms with E-state index in [1.165, 1.54) is 18.5 Å². The normalized spacial score (nSPS) is 15.6. The standard InChI is InChI=1S/C17H25N3O/c1-3-10-18-17(21)13-19-15-4-6-16(7-5-15)20-11-8-14(2)9-12-20/h3-7,14,19H,1,8-13H2,2H3,(H,18,21). The summed E-state index contributed by atoms with van der Waals surface area (Å²) in [5.74, 6) is 0.820. The van der Waals surface area contributed by atoms with E-state index in [9.17, 15) is 4.79 Å². The first kappa shape index (κ1) is 15.4. The van der Waals surface area contributed by atoms with Crippen LogP contribution in [0.2, 0.25) is 0 Å². The van der Waals surface area contributed by atoms with Crippen LogP contribution in [-0.2, 0) is 4.79 Å². The van der Waals surface area contributed by atoms with Gasteiger partial charge in [-0.05, 0) is 43.0 Å². The molecule has 2 rings (SSSR count). The molecule has 4 heteroatoms. The van der Waals surface area contributed by atoms with Gasteiger partial charge in [-0.3, -0.25) is 4.79 Å². The summed E-state index contributed by atoms with van der Waals surface area (Å²) in [5, 5.41) is 5.87. The van der Waals surface area contributed by atoms with Gasteiger partial charge in [0.25, 0.3) is 0 Å². The van der Waals surface area contributed by atoms with Crippen molar-refractivity contribution in [3.8, 4) is 0 Å². The van der Waals surface area contributed by atoms with Crippen LogP contribution in [0.5, 0.6) is 0 Å². The first-order chi connectivity index (χ1) is 10.2. The molecule has 1 saturated heterocycles. The van der Waals surface area contributed by atoms with Gasteiger partial charge in [-0.2, -0.15) is 0 Å². The lowest BCUT2D eigenvalue weighted by Crippen LogP contribution is -2.32. The predicted octanol–water partition coefficient (Wildman–Crippen LogP) is 2.64. The number of hydrogen-bond acceptors (Lipinski definition) is 3. The maximum absolute atomic E-state index is 11.5. The number of anilines is 2. The Morgan fingerprint density at radius 1 is 1.33 bits per heavy atom. The smallest absolute Gasteiger partial charge is 0.239 e. The molecule has 0 spiro atoms. The van der Waals surface area contributed by atoms with Gasteiger partial charge in [-0.25, -0.2) is 0 Å². The summed E-state index contributed by atoms with van der Waals surface area (Å²) >= 11 is 0. The monoisotopic (exact) mass is 287 g/mol. The summed E-state index contributed by atoms with van der Waals surface area (Å²) in [5.41, 5.74) is 2.24. The minimum Gasteiger partial charge on any atom is -0.376 e. The van der Waals surface area contributed by atoms with E-state index in [0.29, 0.717) is 6.54 Å². The molecular weight excluding hydrogens is 262 g/mol. The third kappa shape index (κ3) is 4.81. The second-order valence-electron chi connectivity index (χ2n) is 5.66. The summed E-state index contributed by atoms with van der Waals surface area (Å²) in [6, 6.07) is 8.32. The zero-order chi connectivity index (χ0) is 15.1. The number of carbonyl (C=O) groups is 1. The largest absolute Gasteiger partial charge is 0.376 e. The molecule has 1 fully saturated rings. The van der Waals surface area contributed by atoms with Gasteiger partial charge >= 0.3 is 0 Å². The van der Waals surface area contributed by atoms with Crippen molar-refractivity contribution < 1.29 is 4.79 Å². The Morgan fingerprint density at radius 3 is 2.62 bits per heavy atom. The summed E-state index contributed by atoms with van der Waals surface area (Å²) in [4.78, 5) is 13.9. The van der Waals surface area contributed by atoms with Crippen LogP contribution in [0.25, 0.3) is 0 Å². The molecule has 0 saturated carbocycles. The lowest BCUT2D eigenvalue weighted by Gasteiger charge is -2.32. The van der Waals surface area contributed by atoms with Crippen LogP contribution >= 0.6 is 0 Å². The van der Waals surface area contributed by atoms with E-state index < -0.39 is 0 Å². The molecular formula is C17H25N3O. The molecule has 1 aromatic carbocycles. The van der Waals surface area contributed by atoms with Crippen molar-refractivity contribution >= 4 is 17.3 Å². The Labute approximate surface area is 127 Å². The maximum Gasteiger partial charge on any atom is 0.239 e. The summed E-state index contributed by atoms with van der Waals surface area (Å²) in [6.45, 7) is 8.96. The van der Waals surface area contributed by atoms with Crippen molar-refractivity contribution in [3.05, 3.63) is 36.9 Å². The topological polar surface area (TPSA) is 44.4 Å². The molecule has 0 atom stereocenters. The fourth-order valence-electron chi connectivity index (χ4n) is 2.49. The minimum absolute atomic E-state index is 0.0241. The van der Waals surface area contributed by atoms with Crippen LogP contribution in [-0.4, -0.2) is 32.1 Å². The number of rotatable bonds is 6. The highest BCUT2D eigenvalue weighted by atomic mass is 16.1. The van der Waals surface area contributed by atoms with Crippen LogP contribution in [0, 0.1) is 5.92 Å². The molecule has 1 aliphatic rings. The molecule has 1 amide bonds. The quantitative estimate of drug-likeness (QED) is 0.791. The molecule has 1 heterocycles. The SMILES string of the molecule is C=CCNC(=O)CNc1ccc(N2CCC(C)CC2)cc1. The number of hydrogen-bond donors (Lipinski definition) is 2. The van der Waals surface area contributed by atoms with E-state index in [4.69, 9.17) is 0 Å². The molecule has 21 heavy (non-hydrogen) atoms. The second kappa shape index (κ2) is 7.72. The van der Waals surface area contributed by atoms with Crippen LogP contribution in [0.1, 0.15) is 19.8 Å². The lowest BCUT2D eigenvalue weighted by atomic mass is 9.99. The van der Waals surface area contributed by atoms with Gasteiger partial charge in [0.2, 0.25) is 5.91 Å². The van der Waals surface area contributed by atoms with Crippen LogP contribution < -0.4 is 15.5 Å². The lowest BCUT2D eigenvalue weighted by molar-refractivity contribution is -0.119. The Morgan fingerprint density at radius 2 is 2.00 bits per heavy atom. The van der Waals surface area contributed by atoms with Gasteiger partial charge < -0.3 is 15.5 Å². The molecule has 0 aromatic heterocycles. The van der Waals surface area contributed by atoms with E-state index in [1.807, 2.05) is 12.1 Å². The summed E-state index contributed by atoms with van der Waals surface area (Å²) < 4.78 is 0. The fraction of sp³-hybridized carbons (Fsp3) is 0.471. The van der Waals surface area contributed by atoms with Gasteiger partial charge in [0.05, 0.1) is 6.54 Å². The van der Waals surface area contributed by atoms with Crippen molar-refractivity contribution in [2.75, 3.05) is 36.4 Å². The molecule has 0 aliphatic carbocycles. The van der Waals surface area contributed by atoms with E-state index in [1.54, 1.807) is 6.08 Å². The van der Waals surface area contributed by atoms with Crippen molar-refractivity contribution in [2.45, 2.75) is 19.8 Å². The average molecular weight is 287 g/mol. The molecule has 2 N–H and O–H groups in total. The highest BCUT2D eigenvalue weighted by molar-refractivity contribution is 5.80. The number of carbonyl (C=O) groups excluding carboxylic acids is 1. The first-order valence-electron chi connectivity index (χ1n) is 7.65. The second-order valence-corrected chi connectivity index (χ2v) is 5.66. The maximum atomic E-state index is 11.5. The highest BCUT2D eigenvalue weighted by Gasteiger charge is 2.15. The molecule has 114 valence electrons. The first-order valence-corrected chi connectivity index (χ1v) is 7.65. The molecule has 0 unspecified atom stereocenters. The molecule has 1 aliphatic heterocycles. The fourth-order valence-corrected chi connectivity index (χ4v) is 2.49. The van der Waals surface area contributed by atoms with Gasteiger partial charge in [0.1, 0.15) is 0 Å². The summed E-state index contributed by atoms with van der Waals surface area (Å²) in [6.07, 6.45) is 4.21. The van der Waals surface area contributed by atoms with Crippen molar-refractivity contribution in [3.63, 3.8) is 0 Å². The Hall–Kier alpha value is -1.97. The molecule has 4 nitrogen and oxygen atoms in total. The van der Waals surface area contributed by atoms with Gasteiger partial charge in [0.15, 0.2) is 0 Å². The van der Waals surface area contributed by atoms with Crippen molar-refractivity contribution in [1.29, 1.82) is 0 Å². The Bertz CT molecular complexity index is 461. The third-order valence-electron chi connectivity index (χ3n) is 3.91. The van der Waals surface area contributed by atoms with Gasteiger partial charge in [-0.15, -0.1) is 6.58 Å². The van der Waals surface area contributed by atoms with E-state index in [2.05, 4.69) is 41.2 Å². The van der Waals surface area contributed by atoms with E-state index in [0.717, 1.165) is 24.7 Å². The average Bonchev–Trinajstić information content (AvgIpc) is 2.52. The number of nitrogens with zero attached hydrogens (tertiary/aromatic N) is 1. The number of amides is 1. The van der Waals surface area contributed by atoms with Gasteiger partial charge in [0, 0.05) is 31.0 Å². The highest BCUT2D eigenvalue weighted by Crippen LogP contribution is 2.24. The van der Waals surface area contributed by atoms with E-state index in [-0.39, 0.29) is 12.5 Å². The zero-order valence-electron chi connectivity index (χ0n) is 12.8. The summed E-state index contributed by atoms with van der Waals surface area (Å²) in [7, 11) is 0. The number of nitrogens with one attached hydrogen (secondary N) is 2. The van der Waals surface area contributed by atoms with E-state index >= 15 is 0 Å². The van der Waals surface area contributed by atoms with Crippen LogP contribution in [0.15, 0.2) is 36.9 Å². The minimum atomic E-state index is -0.0241. The molecule has 1 aromatic rings. The molecule has 0 radical (unpaired) electrons. The molecule has 0 bridgehead atoms. The Balaban J connectivity index is 1.81. The van der Waals surface area contributed by atoms with Crippen LogP contribution in [0.3, 0.4) is 0 Å².